The first-order chi connectivity index (χ1) is 6.97. The smallest absolute Gasteiger partial charge is 0.0597 e. The SMILES string of the molecule is Cc1cccc2c1C(CC(C)(C)O)CS2. The number of hydrogen-bond acceptors (Lipinski definition) is 2. The third kappa shape index (κ3) is 2.37. The fourth-order valence-corrected chi connectivity index (χ4v) is 3.66. The van der Waals surface area contributed by atoms with Gasteiger partial charge in [-0.15, -0.1) is 11.8 Å². The lowest BCUT2D eigenvalue weighted by molar-refractivity contribution is 0.0652. The minimum Gasteiger partial charge on any atom is -0.390 e. The molecule has 0 fully saturated rings. The van der Waals surface area contributed by atoms with Crippen LogP contribution in [0, 0.1) is 6.92 Å². The first-order valence-electron chi connectivity index (χ1n) is 5.42. The maximum Gasteiger partial charge on any atom is 0.0597 e. The van der Waals surface area contributed by atoms with Gasteiger partial charge in [0.2, 0.25) is 0 Å². The second-order valence-electron chi connectivity index (χ2n) is 5.01. The van der Waals surface area contributed by atoms with E-state index >= 15 is 0 Å². The molecule has 1 unspecified atom stereocenters. The Labute approximate surface area is 95.9 Å². The van der Waals surface area contributed by atoms with E-state index in [9.17, 15) is 5.11 Å². The molecule has 0 amide bonds. The van der Waals surface area contributed by atoms with Crippen molar-refractivity contribution in [2.24, 2.45) is 0 Å². The molecule has 2 rings (SSSR count). The molecule has 1 aromatic rings. The highest BCUT2D eigenvalue weighted by molar-refractivity contribution is 7.99. The van der Waals surface area contributed by atoms with Gasteiger partial charge in [-0.3, -0.25) is 0 Å². The van der Waals surface area contributed by atoms with Gasteiger partial charge in [-0.1, -0.05) is 12.1 Å². The zero-order chi connectivity index (χ0) is 11.1. The molecule has 2 heteroatoms. The van der Waals surface area contributed by atoms with Gasteiger partial charge in [-0.05, 0) is 50.3 Å². The second kappa shape index (κ2) is 3.84. The summed E-state index contributed by atoms with van der Waals surface area (Å²) in [7, 11) is 0. The van der Waals surface area contributed by atoms with Crippen LogP contribution in [0.5, 0.6) is 0 Å². The van der Waals surface area contributed by atoms with Crippen LogP contribution in [0.1, 0.15) is 37.3 Å². The Morgan fingerprint density at radius 1 is 1.47 bits per heavy atom. The van der Waals surface area contributed by atoms with E-state index in [0.717, 1.165) is 12.2 Å². The van der Waals surface area contributed by atoms with Crippen LogP contribution in [-0.2, 0) is 0 Å². The summed E-state index contributed by atoms with van der Waals surface area (Å²) in [4.78, 5) is 1.41. The van der Waals surface area contributed by atoms with Gasteiger partial charge in [-0.2, -0.15) is 0 Å². The molecule has 0 saturated carbocycles. The first kappa shape index (κ1) is 11.0. The van der Waals surface area contributed by atoms with Crippen LogP contribution in [-0.4, -0.2) is 16.5 Å². The quantitative estimate of drug-likeness (QED) is 0.828. The molecule has 82 valence electrons. The summed E-state index contributed by atoms with van der Waals surface area (Å²) in [6.45, 7) is 5.96. The van der Waals surface area contributed by atoms with Gasteiger partial charge in [-0.25, -0.2) is 0 Å². The van der Waals surface area contributed by atoms with Crippen LogP contribution >= 0.6 is 11.8 Å². The molecule has 1 N–H and O–H groups in total. The molecular formula is C13H18OS. The lowest BCUT2D eigenvalue weighted by atomic mass is 9.87. The Bertz CT molecular complexity index is 365. The van der Waals surface area contributed by atoms with E-state index < -0.39 is 5.60 Å². The molecule has 15 heavy (non-hydrogen) atoms. The lowest BCUT2D eigenvalue weighted by Gasteiger charge is -2.22. The molecule has 0 aliphatic carbocycles. The Balaban J connectivity index is 2.28. The molecule has 0 saturated heterocycles. The van der Waals surface area contributed by atoms with Gasteiger partial charge in [0.05, 0.1) is 5.60 Å². The number of aliphatic hydroxyl groups is 1. The number of aryl methyl sites for hydroxylation is 1. The normalized spacial score (nSPS) is 20.4. The Morgan fingerprint density at radius 2 is 2.20 bits per heavy atom. The van der Waals surface area contributed by atoms with E-state index in [0.29, 0.717) is 5.92 Å². The standard InChI is InChI=1S/C13H18OS/c1-9-5-4-6-11-12(9)10(8-15-11)7-13(2,3)14/h4-6,10,14H,7-8H2,1-3H3. The van der Waals surface area contributed by atoms with Gasteiger partial charge in [0.1, 0.15) is 0 Å². The summed E-state index contributed by atoms with van der Waals surface area (Å²) >= 11 is 1.92. The Hall–Kier alpha value is -0.470. The van der Waals surface area contributed by atoms with Crippen molar-refractivity contribution in [1.82, 2.24) is 0 Å². The molecule has 0 aromatic heterocycles. The monoisotopic (exact) mass is 222 g/mol. The van der Waals surface area contributed by atoms with E-state index in [1.807, 2.05) is 25.6 Å². The average Bonchev–Trinajstić information content (AvgIpc) is 2.47. The van der Waals surface area contributed by atoms with Crippen LogP contribution in [0.4, 0.5) is 0 Å². The van der Waals surface area contributed by atoms with E-state index in [4.69, 9.17) is 0 Å². The fourth-order valence-electron chi connectivity index (χ4n) is 2.34. The topological polar surface area (TPSA) is 20.2 Å². The highest BCUT2D eigenvalue weighted by atomic mass is 32.2. The van der Waals surface area contributed by atoms with E-state index in [1.54, 1.807) is 0 Å². The number of fused-ring (bicyclic) bond motifs is 1. The van der Waals surface area contributed by atoms with Crippen molar-refractivity contribution in [3.8, 4) is 0 Å². The Kier molecular flexibility index (Phi) is 2.82. The summed E-state index contributed by atoms with van der Waals surface area (Å²) < 4.78 is 0. The zero-order valence-corrected chi connectivity index (χ0v) is 10.4. The van der Waals surface area contributed by atoms with Crippen LogP contribution in [0.15, 0.2) is 23.1 Å². The molecule has 0 bridgehead atoms. The van der Waals surface area contributed by atoms with Crippen molar-refractivity contribution in [2.45, 2.75) is 43.6 Å². The minimum absolute atomic E-state index is 0.520. The van der Waals surface area contributed by atoms with Crippen molar-refractivity contribution in [2.75, 3.05) is 5.75 Å². The third-order valence-corrected chi connectivity index (χ3v) is 4.11. The van der Waals surface area contributed by atoms with E-state index in [1.165, 1.54) is 16.0 Å². The summed E-state index contributed by atoms with van der Waals surface area (Å²) in [5, 5.41) is 9.89. The maximum atomic E-state index is 9.89. The van der Waals surface area contributed by atoms with Crippen molar-refractivity contribution in [3.63, 3.8) is 0 Å². The van der Waals surface area contributed by atoms with Gasteiger partial charge < -0.3 is 5.11 Å². The molecule has 0 spiro atoms. The van der Waals surface area contributed by atoms with Crippen LogP contribution in [0.25, 0.3) is 0 Å². The molecule has 1 aliphatic rings. The largest absolute Gasteiger partial charge is 0.390 e. The zero-order valence-electron chi connectivity index (χ0n) is 9.58. The number of hydrogen-bond donors (Lipinski definition) is 1. The first-order valence-corrected chi connectivity index (χ1v) is 6.40. The molecule has 1 atom stereocenters. The average molecular weight is 222 g/mol. The second-order valence-corrected chi connectivity index (χ2v) is 6.07. The summed E-state index contributed by atoms with van der Waals surface area (Å²) in [6, 6.07) is 6.48. The molecule has 1 aliphatic heterocycles. The van der Waals surface area contributed by atoms with Crippen molar-refractivity contribution >= 4 is 11.8 Å². The predicted molar refractivity (Wildman–Crippen MR) is 65.6 cm³/mol. The Morgan fingerprint density at radius 3 is 2.87 bits per heavy atom. The lowest BCUT2D eigenvalue weighted by Crippen LogP contribution is -2.22. The molecule has 0 radical (unpaired) electrons. The van der Waals surface area contributed by atoms with Gasteiger partial charge in [0.15, 0.2) is 0 Å². The van der Waals surface area contributed by atoms with Gasteiger partial charge >= 0.3 is 0 Å². The van der Waals surface area contributed by atoms with Crippen molar-refractivity contribution in [1.29, 1.82) is 0 Å². The predicted octanol–water partition coefficient (Wildman–Crippen LogP) is 3.35. The highest BCUT2D eigenvalue weighted by Gasteiger charge is 2.29. The van der Waals surface area contributed by atoms with Crippen LogP contribution in [0.2, 0.25) is 0 Å². The van der Waals surface area contributed by atoms with Crippen LogP contribution in [0.3, 0.4) is 0 Å². The van der Waals surface area contributed by atoms with Crippen molar-refractivity contribution < 1.29 is 5.11 Å². The number of benzene rings is 1. The van der Waals surface area contributed by atoms with Crippen LogP contribution < -0.4 is 0 Å². The molecule has 1 aromatic carbocycles. The summed E-state index contributed by atoms with van der Waals surface area (Å²) in [5.41, 5.74) is 2.27. The summed E-state index contributed by atoms with van der Waals surface area (Å²) in [5.74, 6) is 1.63. The third-order valence-electron chi connectivity index (χ3n) is 2.88. The van der Waals surface area contributed by atoms with Crippen molar-refractivity contribution in [3.05, 3.63) is 29.3 Å². The highest BCUT2D eigenvalue weighted by Crippen LogP contribution is 2.44. The summed E-state index contributed by atoms with van der Waals surface area (Å²) in [6.07, 6.45) is 0.859. The molecule has 1 heterocycles. The van der Waals surface area contributed by atoms with Gasteiger partial charge in [0, 0.05) is 10.6 Å². The van der Waals surface area contributed by atoms with Gasteiger partial charge in [0.25, 0.3) is 0 Å². The van der Waals surface area contributed by atoms with E-state index in [2.05, 4.69) is 25.1 Å². The molecular weight excluding hydrogens is 204 g/mol. The fraction of sp³-hybridized carbons (Fsp3) is 0.538. The minimum atomic E-state index is -0.560. The number of rotatable bonds is 2. The van der Waals surface area contributed by atoms with E-state index in [-0.39, 0.29) is 0 Å². The maximum absolute atomic E-state index is 9.89. The number of thioether (sulfide) groups is 1. The molecule has 1 nitrogen and oxygen atoms in total.